The van der Waals surface area contributed by atoms with Gasteiger partial charge in [0.05, 0.1) is 24.4 Å². The SMILES string of the molecule is CC(=O)NC(C)(C)/C=C/n1ncc(C(=O)NC2C(C)CC3CC2C[C@@](C)(COC=O)C3)c1OC(C)C. The predicted octanol–water partition coefficient (Wildman–Crippen LogP) is 3.79. The zero-order valence-corrected chi connectivity index (χ0v) is 22.7. The van der Waals surface area contributed by atoms with Crippen molar-refractivity contribution in [1.29, 1.82) is 0 Å². The molecule has 1 aromatic heterocycles. The van der Waals surface area contributed by atoms with E-state index in [1.807, 2.05) is 33.8 Å². The first-order chi connectivity index (χ1) is 16.8. The average Bonchev–Trinajstić information content (AvgIpc) is 3.14. The van der Waals surface area contributed by atoms with E-state index in [9.17, 15) is 14.4 Å². The molecule has 200 valence electrons. The molecule has 9 nitrogen and oxygen atoms in total. The summed E-state index contributed by atoms with van der Waals surface area (Å²) in [6.07, 6.45) is 8.94. The number of nitrogens with zero attached hydrogens (tertiary/aromatic N) is 2. The average molecular weight is 503 g/mol. The van der Waals surface area contributed by atoms with Crippen LogP contribution in [0.2, 0.25) is 0 Å². The molecule has 2 fully saturated rings. The largest absolute Gasteiger partial charge is 0.474 e. The van der Waals surface area contributed by atoms with Crippen LogP contribution in [0.3, 0.4) is 0 Å². The highest BCUT2D eigenvalue weighted by Crippen LogP contribution is 2.50. The first-order valence-electron chi connectivity index (χ1n) is 12.9. The van der Waals surface area contributed by atoms with Crippen molar-refractivity contribution in [3.05, 3.63) is 17.8 Å². The van der Waals surface area contributed by atoms with Gasteiger partial charge in [-0.1, -0.05) is 13.8 Å². The third-order valence-corrected chi connectivity index (χ3v) is 7.27. The number of aromatic nitrogens is 2. The van der Waals surface area contributed by atoms with Gasteiger partial charge >= 0.3 is 0 Å². The fraction of sp³-hybridized carbons (Fsp3) is 0.704. The number of rotatable bonds is 10. The molecule has 3 rings (SSSR count). The van der Waals surface area contributed by atoms with E-state index < -0.39 is 5.54 Å². The predicted molar refractivity (Wildman–Crippen MR) is 137 cm³/mol. The fourth-order valence-electron chi connectivity index (χ4n) is 6.15. The van der Waals surface area contributed by atoms with Gasteiger partial charge in [-0.15, -0.1) is 0 Å². The molecule has 0 aromatic carbocycles. The third-order valence-electron chi connectivity index (χ3n) is 7.27. The Morgan fingerprint density at radius 2 is 2.03 bits per heavy atom. The topological polar surface area (TPSA) is 112 Å². The van der Waals surface area contributed by atoms with E-state index in [0.717, 1.165) is 25.7 Å². The summed E-state index contributed by atoms with van der Waals surface area (Å²) in [6.45, 7) is 14.3. The maximum Gasteiger partial charge on any atom is 0.293 e. The molecule has 2 aliphatic rings. The van der Waals surface area contributed by atoms with Crippen LogP contribution in [0.1, 0.15) is 84.5 Å². The number of ether oxygens (including phenoxy) is 2. The summed E-state index contributed by atoms with van der Waals surface area (Å²) in [7, 11) is 0. The van der Waals surface area contributed by atoms with Crippen molar-refractivity contribution < 1.29 is 23.9 Å². The van der Waals surface area contributed by atoms with Crippen molar-refractivity contribution in [2.75, 3.05) is 6.61 Å². The van der Waals surface area contributed by atoms with Crippen molar-refractivity contribution in [3.63, 3.8) is 0 Å². The molecule has 2 N–H and O–H groups in total. The van der Waals surface area contributed by atoms with Gasteiger partial charge in [0.2, 0.25) is 11.8 Å². The summed E-state index contributed by atoms with van der Waals surface area (Å²) < 4.78 is 12.7. The second kappa shape index (κ2) is 11.0. The summed E-state index contributed by atoms with van der Waals surface area (Å²) in [5.41, 5.74) is -0.285. The minimum atomic E-state index is -0.593. The van der Waals surface area contributed by atoms with E-state index in [-0.39, 0.29) is 29.4 Å². The van der Waals surface area contributed by atoms with Crippen LogP contribution in [0.25, 0.3) is 6.20 Å². The van der Waals surface area contributed by atoms with Gasteiger partial charge in [-0.3, -0.25) is 14.4 Å². The highest BCUT2D eigenvalue weighted by molar-refractivity contribution is 5.96. The zero-order valence-electron chi connectivity index (χ0n) is 22.7. The van der Waals surface area contributed by atoms with Crippen molar-refractivity contribution in [2.45, 2.75) is 91.8 Å². The van der Waals surface area contributed by atoms with Gasteiger partial charge in [0.1, 0.15) is 5.56 Å². The zero-order chi connectivity index (χ0) is 26.7. The second-order valence-electron chi connectivity index (χ2n) is 11.9. The summed E-state index contributed by atoms with van der Waals surface area (Å²) in [4.78, 5) is 35.8. The van der Waals surface area contributed by atoms with E-state index in [1.54, 1.807) is 6.20 Å². The Morgan fingerprint density at radius 3 is 2.67 bits per heavy atom. The smallest absolute Gasteiger partial charge is 0.293 e. The lowest BCUT2D eigenvalue weighted by Crippen LogP contribution is -2.53. The van der Waals surface area contributed by atoms with Crippen molar-refractivity contribution in [1.82, 2.24) is 20.4 Å². The van der Waals surface area contributed by atoms with E-state index in [2.05, 4.69) is 29.6 Å². The van der Waals surface area contributed by atoms with Gasteiger partial charge in [-0.2, -0.15) is 5.10 Å². The summed E-state index contributed by atoms with van der Waals surface area (Å²) >= 11 is 0. The Morgan fingerprint density at radius 1 is 1.31 bits per heavy atom. The summed E-state index contributed by atoms with van der Waals surface area (Å²) in [5, 5.41) is 10.5. The molecular formula is C27H42N4O5. The van der Waals surface area contributed by atoms with E-state index in [4.69, 9.17) is 9.47 Å². The number of hydrogen-bond donors (Lipinski definition) is 2. The van der Waals surface area contributed by atoms with Crippen LogP contribution in [0.4, 0.5) is 0 Å². The first-order valence-corrected chi connectivity index (χ1v) is 12.9. The Hall–Kier alpha value is -2.84. The Balaban J connectivity index is 1.80. The summed E-state index contributed by atoms with van der Waals surface area (Å²) in [6, 6.07) is 0.0223. The molecular weight excluding hydrogens is 460 g/mol. The molecule has 2 saturated carbocycles. The van der Waals surface area contributed by atoms with E-state index >= 15 is 0 Å². The van der Waals surface area contributed by atoms with Gasteiger partial charge in [-0.05, 0) is 77.2 Å². The Kier molecular flexibility index (Phi) is 8.52. The van der Waals surface area contributed by atoms with Crippen LogP contribution in [-0.4, -0.2) is 52.4 Å². The van der Waals surface area contributed by atoms with Crippen LogP contribution in [0.5, 0.6) is 5.88 Å². The molecule has 2 bridgehead atoms. The van der Waals surface area contributed by atoms with Gasteiger partial charge in [-0.25, -0.2) is 4.68 Å². The van der Waals surface area contributed by atoms with Crippen LogP contribution in [0.15, 0.2) is 12.3 Å². The number of carbonyl (C=O) groups is 3. The highest BCUT2D eigenvalue weighted by Gasteiger charge is 2.46. The number of amides is 2. The van der Waals surface area contributed by atoms with Crippen LogP contribution in [0, 0.1) is 23.2 Å². The lowest BCUT2D eigenvalue weighted by molar-refractivity contribution is -0.134. The normalized spacial score (nSPS) is 28.1. The van der Waals surface area contributed by atoms with Crippen LogP contribution >= 0.6 is 0 Å². The summed E-state index contributed by atoms with van der Waals surface area (Å²) in [5.74, 6) is 1.26. The van der Waals surface area contributed by atoms with Gasteiger partial charge in [0, 0.05) is 24.6 Å². The van der Waals surface area contributed by atoms with Gasteiger partial charge in [0.15, 0.2) is 0 Å². The first kappa shape index (κ1) is 27.7. The maximum absolute atomic E-state index is 13.5. The molecule has 5 atom stereocenters. The minimum absolute atomic E-state index is 0.0223. The van der Waals surface area contributed by atoms with Crippen molar-refractivity contribution >= 4 is 24.5 Å². The quantitative estimate of drug-likeness (QED) is 0.471. The second-order valence-corrected chi connectivity index (χ2v) is 11.9. The maximum atomic E-state index is 13.5. The highest BCUT2D eigenvalue weighted by atomic mass is 16.5. The number of nitrogens with one attached hydrogen (secondary N) is 2. The van der Waals surface area contributed by atoms with E-state index in [1.165, 1.54) is 17.8 Å². The monoisotopic (exact) mass is 502 g/mol. The number of carbonyl (C=O) groups excluding carboxylic acids is 3. The lowest BCUT2D eigenvalue weighted by Gasteiger charge is -2.50. The fourth-order valence-corrected chi connectivity index (χ4v) is 6.15. The Labute approximate surface area is 214 Å². The molecule has 0 spiro atoms. The van der Waals surface area contributed by atoms with Crippen molar-refractivity contribution in [3.8, 4) is 5.88 Å². The Bertz CT molecular complexity index is 983. The van der Waals surface area contributed by atoms with Gasteiger partial charge in [0.25, 0.3) is 12.4 Å². The minimum Gasteiger partial charge on any atom is -0.474 e. The van der Waals surface area contributed by atoms with Crippen LogP contribution in [-0.2, 0) is 14.3 Å². The third kappa shape index (κ3) is 6.89. The molecule has 2 aliphatic carbocycles. The number of fused-ring (bicyclic) bond motifs is 2. The molecule has 0 radical (unpaired) electrons. The molecule has 9 heteroatoms. The molecule has 1 aromatic rings. The molecule has 0 aliphatic heterocycles. The molecule has 4 unspecified atom stereocenters. The van der Waals surface area contributed by atoms with Crippen molar-refractivity contribution in [2.24, 2.45) is 23.2 Å². The molecule has 36 heavy (non-hydrogen) atoms. The number of hydrogen-bond acceptors (Lipinski definition) is 6. The van der Waals surface area contributed by atoms with Gasteiger partial charge < -0.3 is 20.1 Å². The molecule has 2 amide bonds. The van der Waals surface area contributed by atoms with E-state index in [0.29, 0.717) is 42.3 Å². The molecule has 0 saturated heterocycles. The standard InChI is InChI=1S/C27H42N4O5/c1-17(2)36-25-22(14-28-31(25)9-8-26(5,6)30-19(4)33)24(34)29-23-18(3)10-20-11-21(23)13-27(7,12-20)15-35-16-32/h8-9,14,16-18,20-21,23H,10-13,15H2,1-7H3,(H,29,34)(H,30,33)/b9-8+/t18?,20?,21?,23?,27-/m0/s1. The molecule has 1 heterocycles. The van der Waals surface area contributed by atoms with Crippen LogP contribution < -0.4 is 15.4 Å². The lowest BCUT2D eigenvalue weighted by atomic mass is 9.58.